The third-order valence-electron chi connectivity index (χ3n) is 6.30. The molecule has 2 saturated heterocycles. The summed E-state index contributed by atoms with van der Waals surface area (Å²) in [5.41, 5.74) is 6.26. The van der Waals surface area contributed by atoms with Crippen molar-refractivity contribution in [3.63, 3.8) is 0 Å². The van der Waals surface area contributed by atoms with Crippen LogP contribution in [0.2, 0.25) is 0 Å². The average molecular weight is 499 g/mol. The van der Waals surface area contributed by atoms with E-state index in [1.54, 1.807) is 0 Å². The lowest BCUT2D eigenvalue weighted by Gasteiger charge is -2.40. The first-order valence-corrected chi connectivity index (χ1v) is 13.4. The zero-order chi connectivity index (χ0) is 23.8. The quantitative estimate of drug-likeness (QED) is 0.492. The van der Waals surface area contributed by atoms with Gasteiger partial charge in [0.25, 0.3) is 10.2 Å². The van der Waals surface area contributed by atoms with Gasteiger partial charge < -0.3 is 5.73 Å². The van der Waals surface area contributed by atoms with Gasteiger partial charge in [-0.15, -0.1) is 0 Å². The molecule has 0 amide bonds. The Bertz CT molecular complexity index is 1040. The molecule has 0 aliphatic carbocycles. The SMILES string of the molecule is CN(C)S(=O)(=O)NCCS(=O)(=O)N1[C@@H]2CC[C@H]1CC(C(N)Cc1cc(F)c(F)cc1F)C2. The Kier molecular flexibility index (Phi) is 7.57. The second-order valence-corrected chi connectivity index (χ2v) is 12.6. The fourth-order valence-electron chi connectivity index (χ4n) is 4.65. The first-order valence-electron chi connectivity index (χ1n) is 10.4. The zero-order valence-corrected chi connectivity index (χ0v) is 19.6. The van der Waals surface area contributed by atoms with E-state index < -0.39 is 43.7 Å². The van der Waals surface area contributed by atoms with E-state index in [1.165, 1.54) is 18.4 Å². The molecule has 32 heavy (non-hydrogen) atoms. The Morgan fingerprint density at radius 2 is 1.62 bits per heavy atom. The number of nitrogens with zero attached hydrogens (tertiary/aromatic N) is 2. The Labute approximate surface area is 187 Å². The van der Waals surface area contributed by atoms with Crippen molar-refractivity contribution in [1.82, 2.24) is 13.3 Å². The predicted molar refractivity (Wildman–Crippen MR) is 114 cm³/mol. The minimum absolute atomic E-state index is 0.00743. The van der Waals surface area contributed by atoms with E-state index in [9.17, 15) is 30.0 Å². The van der Waals surface area contributed by atoms with Crippen molar-refractivity contribution in [3.8, 4) is 0 Å². The molecular weight excluding hydrogens is 469 g/mol. The average Bonchev–Trinajstić information content (AvgIpc) is 2.97. The third-order valence-corrected chi connectivity index (χ3v) is 9.79. The Balaban J connectivity index is 1.63. The van der Waals surface area contributed by atoms with Gasteiger partial charge in [0, 0.05) is 44.8 Å². The first-order chi connectivity index (χ1) is 14.8. The molecule has 0 saturated carbocycles. The Morgan fingerprint density at radius 1 is 1.06 bits per heavy atom. The summed E-state index contributed by atoms with van der Waals surface area (Å²) in [4.78, 5) is 0. The highest BCUT2D eigenvalue weighted by molar-refractivity contribution is 7.89. The van der Waals surface area contributed by atoms with E-state index in [4.69, 9.17) is 5.73 Å². The number of piperidine rings is 1. The standard InChI is InChI=1S/C19H29F3N4O4S2/c1-25(2)32(29,30)24-5-6-31(27,28)26-14-3-4-15(26)8-13(7-14)19(23)10-12-9-17(21)18(22)11-16(12)20/h9,11,13-15,19,24H,3-8,10,23H2,1-2H3/t13?,14-,15+,19?. The van der Waals surface area contributed by atoms with Gasteiger partial charge in [0.2, 0.25) is 10.0 Å². The molecule has 0 spiro atoms. The van der Waals surface area contributed by atoms with E-state index in [0.29, 0.717) is 31.7 Å². The van der Waals surface area contributed by atoms with E-state index >= 15 is 0 Å². The van der Waals surface area contributed by atoms with Crippen molar-refractivity contribution in [2.75, 3.05) is 26.4 Å². The molecule has 2 fully saturated rings. The molecule has 2 unspecified atom stereocenters. The lowest BCUT2D eigenvalue weighted by Crippen LogP contribution is -2.51. The monoisotopic (exact) mass is 498 g/mol. The van der Waals surface area contributed by atoms with Crippen molar-refractivity contribution in [3.05, 3.63) is 35.1 Å². The molecule has 0 aromatic heterocycles. The lowest BCUT2D eigenvalue weighted by atomic mass is 9.83. The number of fused-ring (bicyclic) bond motifs is 2. The largest absolute Gasteiger partial charge is 0.327 e. The van der Waals surface area contributed by atoms with Gasteiger partial charge in [-0.2, -0.15) is 17.0 Å². The molecule has 2 aliphatic heterocycles. The highest BCUT2D eigenvalue weighted by Crippen LogP contribution is 2.42. The number of hydrogen-bond acceptors (Lipinski definition) is 5. The maximum atomic E-state index is 14.0. The number of sulfonamides is 1. The maximum Gasteiger partial charge on any atom is 0.278 e. The smallest absolute Gasteiger partial charge is 0.278 e. The van der Waals surface area contributed by atoms with Crippen molar-refractivity contribution < 1.29 is 30.0 Å². The van der Waals surface area contributed by atoms with E-state index in [0.717, 1.165) is 10.4 Å². The lowest BCUT2D eigenvalue weighted by molar-refractivity contribution is 0.170. The van der Waals surface area contributed by atoms with Gasteiger partial charge in [0.1, 0.15) is 5.82 Å². The minimum Gasteiger partial charge on any atom is -0.327 e. The molecule has 182 valence electrons. The summed E-state index contributed by atoms with van der Waals surface area (Å²) >= 11 is 0. The summed E-state index contributed by atoms with van der Waals surface area (Å²) in [6.07, 6.45) is 2.30. The minimum atomic E-state index is -3.72. The van der Waals surface area contributed by atoms with Gasteiger partial charge in [0.05, 0.1) is 5.75 Å². The van der Waals surface area contributed by atoms with E-state index in [-0.39, 0.29) is 42.3 Å². The molecule has 2 aliphatic rings. The van der Waals surface area contributed by atoms with Crippen LogP contribution in [0.1, 0.15) is 31.2 Å². The van der Waals surface area contributed by atoms with Crippen LogP contribution < -0.4 is 10.5 Å². The van der Waals surface area contributed by atoms with Crippen LogP contribution in [0.3, 0.4) is 0 Å². The normalized spacial score (nSPS) is 25.4. The van der Waals surface area contributed by atoms with Crippen molar-refractivity contribution >= 4 is 20.2 Å². The number of hydrogen-bond donors (Lipinski definition) is 2. The number of benzene rings is 1. The van der Waals surface area contributed by atoms with Gasteiger partial charge in [-0.1, -0.05) is 0 Å². The Hall–Kier alpha value is -1.25. The van der Waals surface area contributed by atoms with Crippen molar-refractivity contribution in [2.24, 2.45) is 11.7 Å². The molecule has 2 heterocycles. The van der Waals surface area contributed by atoms with E-state index in [1.807, 2.05) is 0 Å². The number of nitrogens with two attached hydrogens (primary N) is 1. The van der Waals surface area contributed by atoms with Crippen LogP contribution in [-0.4, -0.2) is 70.0 Å². The summed E-state index contributed by atoms with van der Waals surface area (Å²) in [6, 6.07) is 0.244. The third kappa shape index (κ3) is 5.45. The fourth-order valence-corrected chi connectivity index (χ4v) is 7.26. The topological polar surface area (TPSA) is 113 Å². The first kappa shape index (κ1) is 25.4. The summed E-state index contributed by atoms with van der Waals surface area (Å²) < 4.78 is 94.7. The van der Waals surface area contributed by atoms with Crippen LogP contribution in [-0.2, 0) is 26.7 Å². The highest BCUT2D eigenvalue weighted by Gasteiger charge is 2.47. The van der Waals surface area contributed by atoms with Crippen LogP contribution in [0.5, 0.6) is 0 Å². The van der Waals surface area contributed by atoms with E-state index in [2.05, 4.69) is 4.72 Å². The molecule has 4 atom stereocenters. The summed E-state index contributed by atoms with van der Waals surface area (Å²) in [6.45, 7) is -0.239. The summed E-state index contributed by atoms with van der Waals surface area (Å²) in [5, 5.41) is 0. The number of nitrogens with one attached hydrogen (secondary N) is 1. The fraction of sp³-hybridized carbons (Fsp3) is 0.684. The van der Waals surface area contributed by atoms with Gasteiger partial charge in [0.15, 0.2) is 11.6 Å². The van der Waals surface area contributed by atoms with Gasteiger partial charge >= 0.3 is 0 Å². The number of halogens is 3. The van der Waals surface area contributed by atoms with Crippen LogP contribution >= 0.6 is 0 Å². The maximum absolute atomic E-state index is 14.0. The number of rotatable bonds is 9. The summed E-state index contributed by atoms with van der Waals surface area (Å²) in [5.74, 6) is -3.71. The van der Waals surface area contributed by atoms with Crippen LogP contribution in [0.15, 0.2) is 12.1 Å². The predicted octanol–water partition coefficient (Wildman–Crippen LogP) is 0.943. The molecule has 13 heteroatoms. The van der Waals surface area contributed by atoms with Crippen LogP contribution in [0, 0.1) is 23.4 Å². The second-order valence-electron chi connectivity index (χ2n) is 8.67. The molecule has 0 radical (unpaired) electrons. The zero-order valence-electron chi connectivity index (χ0n) is 18.0. The summed E-state index contributed by atoms with van der Waals surface area (Å²) in [7, 11) is -4.73. The highest BCUT2D eigenvalue weighted by atomic mass is 32.2. The molecule has 1 aromatic carbocycles. The second kappa shape index (κ2) is 9.55. The van der Waals surface area contributed by atoms with Crippen LogP contribution in [0.4, 0.5) is 13.2 Å². The Morgan fingerprint density at radius 3 is 2.19 bits per heavy atom. The van der Waals surface area contributed by atoms with Crippen LogP contribution in [0.25, 0.3) is 0 Å². The molecule has 3 rings (SSSR count). The molecule has 1 aromatic rings. The molecular formula is C19H29F3N4O4S2. The van der Waals surface area contributed by atoms with Gasteiger partial charge in [-0.3, -0.25) is 0 Å². The van der Waals surface area contributed by atoms with Gasteiger partial charge in [-0.25, -0.2) is 26.3 Å². The molecule has 8 nitrogen and oxygen atoms in total. The van der Waals surface area contributed by atoms with Gasteiger partial charge in [-0.05, 0) is 49.7 Å². The molecule has 2 bridgehead atoms. The van der Waals surface area contributed by atoms with Crippen molar-refractivity contribution in [2.45, 2.75) is 50.2 Å². The van der Waals surface area contributed by atoms with Crippen molar-refractivity contribution in [1.29, 1.82) is 0 Å². The molecule has 3 N–H and O–H groups in total.